The minimum atomic E-state index is -3.41. The van der Waals surface area contributed by atoms with Gasteiger partial charge in [-0.2, -0.15) is 4.31 Å². The molecule has 148 valence electrons. The van der Waals surface area contributed by atoms with Gasteiger partial charge in [0.05, 0.1) is 11.3 Å². The van der Waals surface area contributed by atoms with Gasteiger partial charge >= 0.3 is 5.97 Å². The fourth-order valence-corrected chi connectivity index (χ4v) is 4.44. The van der Waals surface area contributed by atoms with Gasteiger partial charge in [0.25, 0.3) is 0 Å². The molecule has 0 amide bonds. The lowest BCUT2D eigenvalue weighted by atomic mass is 10.3. The maximum Gasteiger partial charge on any atom is 0.355 e. The predicted octanol–water partition coefficient (Wildman–Crippen LogP) is 3.42. The highest BCUT2D eigenvalue weighted by Crippen LogP contribution is 2.24. The van der Waals surface area contributed by atoms with Crippen LogP contribution in [0.15, 0.2) is 23.6 Å². The molecule has 1 N–H and O–H groups in total. The van der Waals surface area contributed by atoms with Crippen molar-refractivity contribution in [3.8, 4) is 5.75 Å². The summed E-state index contributed by atoms with van der Waals surface area (Å²) in [5, 5.41) is 11.9. The molecule has 2 rings (SSSR count). The van der Waals surface area contributed by atoms with E-state index in [1.165, 1.54) is 21.0 Å². The molecule has 0 saturated carbocycles. The van der Waals surface area contributed by atoms with Gasteiger partial charge in [-0.1, -0.05) is 23.2 Å². The molecule has 0 bridgehead atoms. The van der Waals surface area contributed by atoms with Gasteiger partial charge in [0.2, 0.25) is 10.0 Å². The third kappa shape index (κ3) is 7.27. The van der Waals surface area contributed by atoms with Gasteiger partial charge in [-0.25, -0.2) is 18.2 Å². The zero-order chi connectivity index (χ0) is 20.0. The Morgan fingerprint density at radius 1 is 1.26 bits per heavy atom. The summed E-state index contributed by atoms with van der Waals surface area (Å²) in [5.74, 6) is -0.613. The number of thiazole rings is 1. The van der Waals surface area contributed by atoms with Crippen LogP contribution in [0.5, 0.6) is 5.75 Å². The topological polar surface area (TPSA) is 96.8 Å². The number of hydrogen-bond acceptors (Lipinski definition) is 6. The summed E-state index contributed by atoms with van der Waals surface area (Å²) in [6.07, 6.45) is 2.15. The van der Waals surface area contributed by atoms with Crippen molar-refractivity contribution in [1.82, 2.24) is 9.29 Å². The largest absolute Gasteiger partial charge is 0.492 e. The summed E-state index contributed by atoms with van der Waals surface area (Å²) in [4.78, 5) is 14.8. The first-order valence-electron chi connectivity index (χ1n) is 7.87. The molecule has 1 heterocycles. The van der Waals surface area contributed by atoms with Gasteiger partial charge in [0.15, 0.2) is 5.69 Å². The van der Waals surface area contributed by atoms with Crippen molar-refractivity contribution in [2.45, 2.75) is 12.8 Å². The van der Waals surface area contributed by atoms with E-state index in [0.717, 1.165) is 6.26 Å². The Labute approximate surface area is 171 Å². The molecule has 0 aliphatic rings. The molecule has 0 radical (unpaired) electrons. The van der Waals surface area contributed by atoms with E-state index in [1.807, 2.05) is 0 Å². The number of aryl methyl sites for hydroxylation is 1. The predicted molar refractivity (Wildman–Crippen MR) is 106 cm³/mol. The van der Waals surface area contributed by atoms with Crippen LogP contribution < -0.4 is 4.74 Å². The van der Waals surface area contributed by atoms with Crippen LogP contribution in [-0.2, 0) is 16.4 Å². The molecule has 0 spiro atoms. The van der Waals surface area contributed by atoms with Crippen molar-refractivity contribution < 1.29 is 23.1 Å². The average Bonchev–Trinajstić information content (AvgIpc) is 3.00. The Kier molecular flexibility index (Phi) is 7.87. The van der Waals surface area contributed by atoms with E-state index in [1.54, 1.807) is 18.2 Å². The van der Waals surface area contributed by atoms with Crippen LogP contribution in [0.3, 0.4) is 0 Å². The second-order valence-corrected chi connectivity index (χ2v) is 9.45. The van der Waals surface area contributed by atoms with E-state index in [4.69, 9.17) is 33.0 Å². The van der Waals surface area contributed by atoms with E-state index in [2.05, 4.69) is 4.98 Å². The minimum absolute atomic E-state index is 0.00329. The van der Waals surface area contributed by atoms with Crippen LogP contribution in [0, 0.1) is 0 Å². The van der Waals surface area contributed by atoms with Crippen molar-refractivity contribution in [3.63, 3.8) is 0 Å². The van der Waals surface area contributed by atoms with Crippen molar-refractivity contribution in [3.05, 3.63) is 44.3 Å². The molecule has 7 nitrogen and oxygen atoms in total. The number of sulfonamides is 1. The second kappa shape index (κ2) is 9.70. The van der Waals surface area contributed by atoms with Gasteiger partial charge in [-0.05, 0) is 24.6 Å². The van der Waals surface area contributed by atoms with Gasteiger partial charge in [0, 0.05) is 34.9 Å². The smallest absolute Gasteiger partial charge is 0.355 e. The second-order valence-electron chi connectivity index (χ2n) is 5.65. The number of hydrogen-bond donors (Lipinski definition) is 1. The van der Waals surface area contributed by atoms with Crippen LogP contribution >= 0.6 is 34.5 Å². The molecular formula is C16H18Cl2N2O5S2. The number of carboxylic acid groups (broad SMARTS) is 1. The molecule has 1 aromatic heterocycles. The standard InChI is InChI=1S/C16H18Cl2N2O5S2/c1-27(23,24)20(4-2-3-15-19-14(10-26-15)16(21)22)5-6-25-13-8-11(17)7-12(18)9-13/h7-10H,2-6H2,1H3,(H,21,22). The Balaban J connectivity index is 1.86. The minimum Gasteiger partial charge on any atom is -0.492 e. The zero-order valence-electron chi connectivity index (χ0n) is 14.4. The Morgan fingerprint density at radius 3 is 2.48 bits per heavy atom. The number of aromatic nitrogens is 1. The summed E-state index contributed by atoms with van der Waals surface area (Å²) < 4.78 is 30.8. The fourth-order valence-electron chi connectivity index (χ4n) is 2.25. The number of carbonyl (C=O) groups is 1. The third-order valence-corrected chi connectivity index (χ3v) is 6.13. The van der Waals surface area contributed by atoms with Crippen LogP contribution in [-0.4, -0.2) is 54.7 Å². The number of nitrogens with zero attached hydrogens (tertiary/aromatic N) is 2. The van der Waals surface area contributed by atoms with Crippen molar-refractivity contribution in [2.24, 2.45) is 0 Å². The number of ether oxygens (including phenoxy) is 1. The summed E-state index contributed by atoms with van der Waals surface area (Å²) in [6, 6.07) is 4.77. The molecule has 0 unspecified atom stereocenters. The van der Waals surface area contributed by atoms with E-state index >= 15 is 0 Å². The average molecular weight is 453 g/mol. The first-order valence-corrected chi connectivity index (χ1v) is 11.4. The van der Waals surface area contributed by atoms with Crippen molar-refractivity contribution in [1.29, 1.82) is 0 Å². The zero-order valence-corrected chi connectivity index (χ0v) is 17.5. The Morgan fingerprint density at radius 2 is 1.93 bits per heavy atom. The molecule has 0 aliphatic carbocycles. The number of rotatable bonds is 10. The van der Waals surface area contributed by atoms with Gasteiger partial charge < -0.3 is 9.84 Å². The van der Waals surface area contributed by atoms with Gasteiger partial charge in [-0.3, -0.25) is 0 Å². The molecule has 27 heavy (non-hydrogen) atoms. The lowest BCUT2D eigenvalue weighted by Gasteiger charge is -2.20. The lowest BCUT2D eigenvalue weighted by molar-refractivity contribution is 0.0691. The molecule has 0 aliphatic heterocycles. The summed E-state index contributed by atoms with van der Waals surface area (Å²) in [5.41, 5.74) is 0.00329. The van der Waals surface area contributed by atoms with E-state index in [-0.39, 0.29) is 25.4 Å². The van der Waals surface area contributed by atoms with Gasteiger partial charge in [-0.15, -0.1) is 11.3 Å². The molecule has 11 heteroatoms. The maximum atomic E-state index is 12.0. The molecular weight excluding hydrogens is 435 g/mol. The Bertz CT molecular complexity index is 882. The van der Waals surface area contributed by atoms with Crippen LogP contribution in [0.25, 0.3) is 0 Å². The highest BCUT2D eigenvalue weighted by Gasteiger charge is 2.17. The third-order valence-electron chi connectivity index (χ3n) is 3.48. The first kappa shape index (κ1) is 21.9. The molecule has 1 aromatic carbocycles. The van der Waals surface area contributed by atoms with E-state index in [0.29, 0.717) is 33.6 Å². The molecule has 0 saturated heterocycles. The highest BCUT2D eigenvalue weighted by molar-refractivity contribution is 7.88. The fraction of sp³-hybridized carbons (Fsp3) is 0.375. The SMILES string of the molecule is CS(=O)(=O)N(CCCc1nc(C(=O)O)cs1)CCOc1cc(Cl)cc(Cl)c1. The maximum absolute atomic E-state index is 12.0. The van der Waals surface area contributed by atoms with Crippen molar-refractivity contribution in [2.75, 3.05) is 26.0 Å². The highest BCUT2D eigenvalue weighted by atomic mass is 35.5. The van der Waals surface area contributed by atoms with Crippen LogP contribution in [0.1, 0.15) is 21.9 Å². The van der Waals surface area contributed by atoms with Crippen LogP contribution in [0.4, 0.5) is 0 Å². The monoisotopic (exact) mass is 452 g/mol. The normalized spacial score (nSPS) is 11.7. The number of benzene rings is 1. The molecule has 0 fully saturated rings. The lowest BCUT2D eigenvalue weighted by Crippen LogP contribution is -2.34. The van der Waals surface area contributed by atoms with Crippen LogP contribution in [0.2, 0.25) is 10.0 Å². The first-order chi connectivity index (χ1) is 12.6. The van der Waals surface area contributed by atoms with Crippen molar-refractivity contribution >= 4 is 50.5 Å². The summed E-state index contributed by atoms with van der Waals surface area (Å²) in [6.45, 7) is 0.589. The molecule has 2 aromatic rings. The quantitative estimate of drug-likeness (QED) is 0.592. The molecule has 0 atom stereocenters. The Hall–Kier alpha value is -1.39. The van der Waals surface area contributed by atoms with E-state index in [9.17, 15) is 13.2 Å². The number of aromatic carboxylic acids is 1. The summed E-state index contributed by atoms with van der Waals surface area (Å²) >= 11 is 13.0. The summed E-state index contributed by atoms with van der Waals surface area (Å²) in [7, 11) is -3.41. The number of carboxylic acids is 1. The number of halogens is 2. The van der Waals surface area contributed by atoms with E-state index < -0.39 is 16.0 Å². The van der Waals surface area contributed by atoms with Gasteiger partial charge in [0.1, 0.15) is 12.4 Å².